The van der Waals surface area contributed by atoms with Crippen molar-refractivity contribution in [2.75, 3.05) is 19.6 Å². The number of hydrogen-bond acceptors (Lipinski definition) is 4. The van der Waals surface area contributed by atoms with Crippen molar-refractivity contribution in [1.82, 2.24) is 10.6 Å². The minimum Gasteiger partial charge on any atom is -0.351 e. The van der Waals surface area contributed by atoms with Gasteiger partial charge in [0.05, 0.1) is 4.92 Å². The highest BCUT2D eigenvalue weighted by atomic mass is 16.6. The first-order valence-corrected chi connectivity index (χ1v) is 5.82. The van der Waals surface area contributed by atoms with Crippen LogP contribution in [0.1, 0.15) is 15.9 Å². The molecule has 6 nitrogen and oxygen atoms in total. The first-order chi connectivity index (χ1) is 8.59. The molecule has 1 amide bonds. The monoisotopic (exact) mass is 249 g/mol. The average molecular weight is 249 g/mol. The average Bonchev–Trinajstić information content (AvgIpc) is 2.25. The molecule has 1 heterocycles. The number of aryl methyl sites for hydroxylation is 1. The topological polar surface area (TPSA) is 84.3 Å². The Kier molecular flexibility index (Phi) is 3.57. The molecule has 1 aliphatic rings. The predicted octanol–water partition coefficient (Wildman–Crippen LogP) is 0.852. The number of hydrogen-bond donors (Lipinski definition) is 2. The maximum absolute atomic E-state index is 11.9. The van der Waals surface area contributed by atoms with Crippen LogP contribution in [0.5, 0.6) is 0 Å². The zero-order chi connectivity index (χ0) is 13.1. The van der Waals surface area contributed by atoms with Gasteiger partial charge >= 0.3 is 0 Å². The van der Waals surface area contributed by atoms with E-state index >= 15 is 0 Å². The van der Waals surface area contributed by atoms with Gasteiger partial charge in [0.15, 0.2) is 0 Å². The summed E-state index contributed by atoms with van der Waals surface area (Å²) in [5.41, 5.74) is 0.520. The predicted molar refractivity (Wildman–Crippen MR) is 66.5 cm³/mol. The van der Waals surface area contributed by atoms with Crippen LogP contribution in [0, 0.1) is 23.0 Å². The van der Waals surface area contributed by atoms with E-state index < -0.39 is 4.92 Å². The van der Waals surface area contributed by atoms with Gasteiger partial charge in [-0.05, 0) is 13.0 Å². The molecule has 0 spiro atoms. The molecule has 2 N–H and O–H groups in total. The summed E-state index contributed by atoms with van der Waals surface area (Å²) >= 11 is 0. The molecule has 0 saturated carbocycles. The Labute approximate surface area is 105 Å². The summed E-state index contributed by atoms with van der Waals surface area (Å²) < 4.78 is 0. The SMILES string of the molecule is Cc1cccc(C(=O)NCC2CNC2)c1[N+](=O)[O-]. The second-order valence-corrected chi connectivity index (χ2v) is 4.46. The van der Waals surface area contributed by atoms with Gasteiger partial charge in [0.1, 0.15) is 5.56 Å². The molecule has 0 radical (unpaired) electrons. The van der Waals surface area contributed by atoms with Crippen molar-refractivity contribution < 1.29 is 9.72 Å². The van der Waals surface area contributed by atoms with E-state index in [1.54, 1.807) is 19.1 Å². The van der Waals surface area contributed by atoms with Crippen molar-refractivity contribution >= 4 is 11.6 Å². The maximum Gasteiger partial charge on any atom is 0.285 e. The van der Waals surface area contributed by atoms with Crippen LogP contribution in [-0.4, -0.2) is 30.5 Å². The molecule has 0 unspecified atom stereocenters. The lowest BCUT2D eigenvalue weighted by atomic mass is 10.0. The van der Waals surface area contributed by atoms with Crippen LogP contribution in [0.4, 0.5) is 5.69 Å². The molecule has 18 heavy (non-hydrogen) atoms. The standard InChI is InChI=1S/C12H15N3O3/c1-8-3-2-4-10(11(8)15(17)18)12(16)14-7-9-5-13-6-9/h2-4,9,13H,5-7H2,1H3,(H,14,16). The number of nitrogens with one attached hydrogen (secondary N) is 2. The van der Waals surface area contributed by atoms with Crippen LogP contribution in [-0.2, 0) is 0 Å². The lowest BCUT2D eigenvalue weighted by Crippen LogP contribution is -2.48. The number of carbonyl (C=O) groups is 1. The van der Waals surface area contributed by atoms with E-state index in [9.17, 15) is 14.9 Å². The number of nitro benzene ring substituents is 1. The van der Waals surface area contributed by atoms with Gasteiger partial charge in [-0.25, -0.2) is 0 Å². The van der Waals surface area contributed by atoms with Crippen LogP contribution in [0.3, 0.4) is 0 Å². The lowest BCUT2D eigenvalue weighted by Gasteiger charge is -2.27. The summed E-state index contributed by atoms with van der Waals surface area (Å²) in [6, 6.07) is 4.77. The summed E-state index contributed by atoms with van der Waals surface area (Å²) in [6.07, 6.45) is 0. The second-order valence-electron chi connectivity index (χ2n) is 4.46. The summed E-state index contributed by atoms with van der Waals surface area (Å²) in [5, 5.41) is 16.8. The van der Waals surface area contributed by atoms with Crippen LogP contribution in [0.15, 0.2) is 18.2 Å². The molecule has 1 aromatic carbocycles. The third-order valence-corrected chi connectivity index (χ3v) is 3.08. The number of nitrogens with zero attached hydrogens (tertiary/aromatic N) is 1. The molecule has 0 aliphatic carbocycles. The molecule has 1 saturated heterocycles. The second kappa shape index (κ2) is 5.14. The summed E-state index contributed by atoms with van der Waals surface area (Å²) in [5.74, 6) is 0.0510. The minimum absolute atomic E-state index is 0.110. The molecule has 0 aromatic heterocycles. The third-order valence-electron chi connectivity index (χ3n) is 3.08. The molecule has 1 aromatic rings. The van der Waals surface area contributed by atoms with Crippen molar-refractivity contribution in [1.29, 1.82) is 0 Å². The van der Waals surface area contributed by atoms with Crippen LogP contribution < -0.4 is 10.6 Å². The number of rotatable bonds is 4. The van der Waals surface area contributed by atoms with E-state index in [-0.39, 0.29) is 17.2 Å². The van der Waals surface area contributed by atoms with Gasteiger partial charge in [0.25, 0.3) is 11.6 Å². The van der Waals surface area contributed by atoms with Gasteiger partial charge in [-0.3, -0.25) is 14.9 Å². The van der Waals surface area contributed by atoms with Gasteiger partial charge in [-0.1, -0.05) is 12.1 Å². The zero-order valence-electron chi connectivity index (χ0n) is 10.1. The Hall–Kier alpha value is -1.95. The van der Waals surface area contributed by atoms with Gasteiger partial charge in [-0.2, -0.15) is 0 Å². The van der Waals surface area contributed by atoms with E-state index in [4.69, 9.17) is 0 Å². The molecule has 2 rings (SSSR count). The molecule has 0 bridgehead atoms. The Morgan fingerprint density at radius 3 is 2.83 bits per heavy atom. The van der Waals surface area contributed by atoms with E-state index in [0.29, 0.717) is 18.0 Å². The van der Waals surface area contributed by atoms with Crippen molar-refractivity contribution in [3.8, 4) is 0 Å². The number of carbonyl (C=O) groups excluding carboxylic acids is 1. The first kappa shape index (κ1) is 12.5. The van der Waals surface area contributed by atoms with Gasteiger partial charge < -0.3 is 10.6 Å². The van der Waals surface area contributed by atoms with E-state index in [1.165, 1.54) is 6.07 Å². The normalized spacial score (nSPS) is 14.9. The minimum atomic E-state index is -0.505. The highest BCUT2D eigenvalue weighted by Gasteiger charge is 2.23. The molecule has 0 atom stereocenters. The Bertz CT molecular complexity index is 483. The molecule has 1 fully saturated rings. The Balaban J connectivity index is 2.13. The highest BCUT2D eigenvalue weighted by Crippen LogP contribution is 2.22. The van der Waals surface area contributed by atoms with Crippen LogP contribution >= 0.6 is 0 Å². The summed E-state index contributed by atoms with van der Waals surface area (Å²) in [7, 11) is 0. The lowest BCUT2D eigenvalue weighted by molar-refractivity contribution is -0.385. The number of para-hydroxylation sites is 1. The molecule has 96 valence electrons. The summed E-state index contributed by atoms with van der Waals surface area (Å²) in [6.45, 7) is 3.95. The fourth-order valence-electron chi connectivity index (χ4n) is 1.91. The molecule has 6 heteroatoms. The van der Waals surface area contributed by atoms with Crippen molar-refractivity contribution in [2.24, 2.45) is 5.92 Å². The number of benzene rings is 1. The van der Waals surface area contributed by atoms with Gasteiger partial charge in [0, 0.05) is 31.1 Å². The van der Waals surface area contributed by atoms with Gasteiger partial charge in [-0.15, -0.1) is 0 Å². The van der Waals surface area contributed by atoms with Crippen LogP contribution in [0.2, 0.25) is 0 Å². The van der Waals surface area contributed by atoms with E-state index in [1.807, 2.05) is 0 Å². The van der Waals surface area contributed by atoms with Gasteiger partial charge in [0.2, 0.25) is 0 Å². The van der Waals surface area contributed by atoms with Crippen molar-refractivity contribution in [3.05, 3.63) is 39.4 Å². The van der Waals surface area contributed by atoms with Crippen molar-refractivity contribution in [2.45, 2.75) is 6.92 Å². The zero-order valence-corrected chi connectivity index (χ0v) is 10.1. The van der Waals surface area contributed by atoms with E-state index in [0.717, 1.165) is 13.1 Å². The Morgan fingerprint density at radius 1 is 1.56 bits per heavy atom. The highest BCUT2D eigenvalue weighted by molar-refractivity contribution is 5.98. The molecule has 1 aliphatic heterocycles. The van der Waals surface area contributed by atoms with Crippen LogP contribution in [0.25, 0.3) is 0 Å². The maximum atomic E-state index is 11.9. The fourth-order valence-corrected chi connectivity index (χ4v) is 1.91. The number of amides is 1. The largest absolute Gasteiger partial charge is 0.351 e. The molecular formula is C12H15N3O3. The van der Waals surface area contributed by atoms with E-state index in [2.05, 4.69) is 10.6 Å². The smallest absolute Gasteiger partial charge is 0.285 e. The van der Waals surface area contributed by atoms with Crippen molar-refractivity contribution in [3.63, 3.8) is 0 Å². The molecular weight excluding hydrogens is 234 g/mol. The number of nitro groups is 1. The first-order valence-electron chi connectivity index (χ1n) is 5.82. The fraction of sp³-hybridized carbons (Fsp3) is 0.417. The summed E-state index contributed by atoms with van der Waals surface area (Å²) in [4.78, 5) is 22.4. The third kappa shape index (κ3) is 2.48. The quantitative estimate of drug-likeness (QED) is 0.612. The Morgan fingerprint density at radius 2 is 2.28 bits per heavy atom.